The molecule has 7 heteroatoms. The summed E-state index contributed by atoms with van der Waals surface area (Å²) in [6, 6.07) is 3.86. The van der Waals surface area contributed by atoms with Crippen LogP contribution in [-0.2, 0) is 9.53 Å². The van der Waals surface area contributed by atoms with Crippen LogP contribution in [-0.4, -0.2) is 54.4 Å². The monoisotopic (exact) mass is 295 g/mol. The second-order valence-electron chi connectivity index (χ2n) is 5.03. The molecule has 1 aliphatic heterocycles. The smallest absolute Gasteiger partial charge is 0.336 e. The van der Waals surface area contributed by atoms with E-state index >= 15 is 0 Å². The van der Waals surface area contributed by atoms with Crippen LogP contribution >= 0.6 is 0 Å². The molecule has 0 radical (unpaired) electrons. The molecule has 2 rings (SSSR count). The second kappa shape index (κ2) is 7.24. The molecule has 1 aromatic rings. The molecule has 0 saturated carbocycles. The maximum atomic E-state index is 12.2. The minimum atomic E-state index is -1.35. The molecule has 1 atom stereocenters. The lowest BCUT2D eigenvalue weighted by Gasteiger charge is -2.26. The van der Waals surface area contributed by atoms with Crippen LogP contribution in [0, 0.1) is 0 Å². The van der Waals surface area contributed by atoms with Gasteiger partial charge in [-0.15, -0.1) is 0 Å². The summed E-state index contributed by atoms with van der Waals surface area (Å²) < 4.78 is 6.36. The maximum Gasteiger partial charge on any atom is 0.336 e. The van der Waals surface area contributed by atoms with Gasteiger partial charge in [-0.25, -0.2) is 4.79 Å². The number of esters is 1. The standard InChI is InChI=1S/C14H21N3O4/c1-21-14(20)12(18)9-16-13(19)11-3-2-8-17(11)10-4-6-15-7-5-10/h2-3,8,10,12,15,18H,4-7,9H2,1H3,(H,16,19). The van der Waals surface area contributed by atoms with E-state index in [0.29, 0.717) is 11.7 Å². The third-order valence-electron chi connectivity index (χ3n) is 3.64. The number of hydrogen-bond donors (Lipinski definition) is 3. The first-order valence-electron chi connectivity index (χ1n) is 7.05. The lowest BCUT2D eigenvalue weighted by atomic mass is 10.1. The predicted octanol–water partition coefficient (Wildman–Crippen LogP) is -0.324. The minimum Gasteiger partial charge on any atom is -0.467 e. The normalized spacial score (nSPS) is 17.2. The summed E-state index contributed by atoms with van der Waals surface area (Å²) in [6.45, 7) is 1.71. The van der Waals surface area contributed by atoms with Crippen LogP contribution < -0.4 is 10.6 Å². The molecule has 0 aliphatic carbocycles. The summed E-state index contributed by atoms with van der Waals surface area (Å²) in [5, 5.41) is 15.3. The Labute approximate surface area is 123 Å². The highest BCUT2D eigenvalue weighted by atomic mass is 16.5. The third kappa shape index (κ3) is 3.83. The van der Waals surface area contributed by atoms with E-state index in [4.69, 9.17) is 0 Å². The Bertz CT molecular complexity index is 494. The Hall–Kier alpha value is -1.86. The lowest BCUT2D eigenvalue weighted by molar-refractivity contribution is -0.149. The molecule has 0 spiro atoms. The average molecular weight is 295 g/mol. The van der Waals surface area contributed by atoms with E-state index in [9.17, 15) is 14.7 Å². The van der Waals surface area contributed by atoms with Crippen LogP contribution in [0.2, 0.25) is 0 Å². The van der Waals surface area contributed by atoms with Crippen molar-refractivity contribution >= 4 is 11.9 Å². The number of aliphatic hydroxyl groups is 1. The molecule has 0 bridgehead atoms. The number of amides is 1. The summed E-state index contributed by atoms with van der Waals surface area (Å²) in [6.07, 6.45) is 2.49. The van der Waals surface area contributed by atoms with Crippen molar-refractivity contribution in [1.82, 2.24) is 15.2 Å². The van der Waals surface area contributed by atoms with Gasteiger partial charge in [0.05, 0.1) is 13.7 Å². The Balaban J connectivity index is 1.96. The van der Waals surface area contributed by atoms with Gasteiger partial charge in [0.15, 0.2) is 6.10 Å². The second-order valence-corrected chi connectivity index (χ2v) is 5.03. The SMILES string of the molecule is COC(=O)C(O)CNC(=O)c1cccn1C1CCNCC1. The van der Waals surface area contributed by atoms with Crippen molar-refractivity contribution < 1.29 is 19.4 Å². The highest BCUT2D eigenvalue weighted by Gasteiger charge is 2.21. The first kappa shape index (κ1) is 15.5. The van der Waals surface area contributed by atoms with Crippen LogP contribution in [0.5, 0.6) is 0 Å². The molecule has 1 aliphatic rings. The van der Waals surface area contributed by atoms with Gasteiger partial charge in [0.25, 0.3) is 5.91 Å². The first-order chi connectivity index (χ1) is 10.1. The molecule has 1 unspecified atom stereocenters. The molecule has 1 aromatic heterocycles. The van der Waals surface area contributed by atoms with Crippen molar-refractivity contribution in [2.24, 2.45) is 0 Å². The van der Waals surface area contributed by atoms with Gasteiger partial charge in [-0.3, -0.25) is 4.79 Å². The van der Waals surface area contributed by atoms with Crippen LogP contribution in [0.4, 0.5) is 0 Å². The number of piperidine rings is 1. The number of rotatable bonds is 5. The summed E-state index contributed by atoms with van der Waals surface area (Å²) in [5.41, 5.74) is 0.541. The zero-order valence-corrected chi connectivity index (χ0v) is 12.0. The van der Waals surface area contributed by atoms with Crippen LogP contribution in [0.1, 0.15) is 29.4 Å². The van der Waals surface area contributed by atoms with E-state index in [1.807, 2.05) is 16.8 Å². The highest BCUT2D eigenvalue weighted by molar-refractivity contribution is 5.93. The molecule has 3 N–H and O–H groups in total. The average Bonchev–Trinajstić information content (AvgIpc) is 3.01. The first-order valence-corrected chi connectivity index (χ1v) is 7.05. The molecule has 1 amide bonds. The van der Waals surface area contributed by atoms with Crippen molar-refractivity contribution in [2.75, 3.05) is 26.7 Å². The molecule has 116 valence electrons. The predicted molar refractivity (Wildman–Crippen MR) is 75.9 cm³/mol. The zero-order chi connectivity index (χ0) is 15.2. The number of aliphatic hydroxyl groups excluding tert-OH is 1. The molecule has 7 nitrogen and oxygen atoms in total. The number of nitrogens with one attached hydrogen (secondary N) is 2. The van der Waals surface area contributed by atoms with Crippen LogP contribution in [0.15, 0.2) is 18.3 Å². The van der Waals surface area contributed by atoms with Crippen molar-refractivity contribution in [1.29, 1.82) is 0 Å². The fraction of sp³-hybridized carbons (Fsp3) is 0.571. The molecular weight excluding hydrogens is 274 g/mol. The summed E-state index contributed by atoms with van der Waals surface area (Å²) in [5.74, 6) is -1.06. The number of hydrogen-bond acceptors (Lipinski definition) is 5. The minimum absolute atomic E-state index is 0.164. The number of nitrogens with zero attached hydrogens (tertiary/aromatic N) is 1. The van der Waals surface area contributed by atoms with E-state index < -0.39 is 12.1 Å². The van der Waals surface area contributed by atoms with E-state index in [0.717, 1.165) is 25.9 Å². The number of methoxy groups -OCH3 is 1. The molecule has 2 heterocycles. The lowest BCUT2D eigenvalue weighted by Crippen LogP contribution is -2.38. The maximum absolute atomic E-state index is 12.2. The van der Waals surface area contributed by atoms with Crippen molar-refractivity contribution in [2.45, 2.75) is 25.0 Å². The molecular formula is C14H21N3O4. The van der Waals surface area contributed by atoms with E-state index in [1.54, 1.807) is 6.07 Å². The molecule has 1 saturated heterocycles. The Morgan fingerprint density at radius 1 is 1.52 bits per heavy atom. The fourth-order valence-corrected chi connectivity index (χ4v) is 2.49. The van der Waals surface area contributed by atoms with Crippen molar-refractivity contribution in [3.63, 3.8) is 0 Å². The number of ether oxygens (including phenoxy) is 1. The van der Waals surface area contributed by atoms with Gasteiger partial charge < -0.3 is 25.0 Å². The van der Waals surface area contributed by atoms with Gasteiger partial charge in [-0.1, -0.05) is 0 Å². The van der Waals surface area contributed by atoms with E-state index in [-0.39, 0.29) is 12.5 Å². The number of carbonyl (C=O) groups excluding carboxylic acids is 2. The summed E-state index contributed by atoms with van der Waals surface area (Å²) in [7, 11) is 1.19. The molecule has 0 aromatic carbocycles. The quantitative estimate of drug-likeness (QED) is 0.647. The van der Waals surface area contributed by atoms with Gasteiger partial charge in [0, 0.05) is 12.2 Å². The van der Waals surface area contributed by atoms with E-state index in [2.05, 4.69) is 15.4 Å². The summed E-state index contributed by atoms with van der Waals surface area (Å²) >= 11 is 0. The number of carbonyl (C=O) groups is 2. The van der Waals surface area contributed by atoms with Gasteiger partial charge in [0.2, 0.25) is 0 Å². The fourth-order valence-electron chi connectivity index (χ4n) is 2.49. The Kier molecular flexibility index (Phi) is 5.35. The third-order valence-corrected chi connectivity index (χ3v) is 3.64. The van der Waals surface area contributed by atoms with Gasteiger partial charge in [-0.2, -0.15) is 0 Å². The van der Waals surface area contributed by atoms with Crippen LogP contribution in [0.25, 0.3) is 0 Å². The number of aromatic nitrogens is 1. The summed E-state index contributed by atoms with van der Waals surface area (Å²) in [4.78, 5) is 23.3. The van der Waals surface area contributed by atoms with Gasteiger partial charge >= 0.3 is 5.97 Å². The topological polar surface area (TPSA) is 92.6 Å². The molecule has 21 heavy (non-hydrogen) atoms. The van der Waals surface area contributed by atoms with Gasteiger partial charge in [-0.05, 0) is 38.1 Å². The largest absolute Gasteiger partial charge is 0.467 e. The van der Waals surface area contributed by atoms with Crippen LogP contribution in [0.3, 0.4) is 0 Å². The highest BCUT2D eigenvalue weighted by Crippen LogP contribution is 2.21. The van der Waals surface area contributed by atoms with Gasteiger partial charge in [0.1, 0.15) is 5.69 Å². The van der Waals surface area contributed by atoms with Crippen molar-refractivity contribution in [3.05, 3.63) is 24.0 Å². The Morgan fingerprint density at radius 2 is 2.24 bits per heavy atom. The molecule has 1 fully saturated rings. The Morgan fingerprint density at radius 3 is 2.90 bits per heavy atom. The zero-order valence-electron chi connectivity index (χ0n) is 12.0. The van der Waals surface area contributed by atoms with E-state index in [1.165, 1.54) is 7.11 Å². The van der Waals surface area contributed by atoms with Crippen molar-refractivity contribution in [3.8, 4) is 0 Å².